The van der Waals surface area contributed by atoms with Crippen molar-refractivity contribution in [3.63, 3.8) is 0 Å². The van der Waals surface area contributed by atoms with Gasteiger partial charge in [0.25, 0.3) is 0 Å². The van der Waals surface area contributed by atoms with Gasteiger partial charge in [0.1, 0.15) is 11.8 Å². The SMILES string of the molecule is CSCC(C)Nc1ccc(C#N)nc1. The summed E-state index contributed by atoms with van der Waals surface area (Å²) in [6.07, 6.45) is 3.77. The van der Waals surface area contributed by atoms with E-state index in [1.165, 1.54) is 0 Å². The Morgan fingerprint density at radius 1 is 1.64 bits per heavy atom. The number of thioether (sulfide) groups is 1. The molecule has 1 heterocycles. The van der Waals surface area contributed by atoms with Crippen molar-refractivity contribution in [1.29, 1.82) is 5.26 Å². The first-order chi connectivity index (χ1) is 6.76. The van der Waals surface area contributed by atoms with Gasteiger partial charge >= 0.3 is 0 Å². The van der Waals surface area contributed by atoms with Gasteiger partial charge in [0.2, 0.25) is 0 Å². The second-order valence-electron chi connectivity index (χ2n) is 3.04. The molecule has 1 rings (SSSR count). The van der Waals surface area contributed by atoms with Crippen molar-refractivity contribution in [2.45, 2.75) is 13.0 Å². The van der Waals surface area contributed by atoms with E-state index in [-0.39, 0.29) is 0 Å². The average molecular weight is 207 g/mol. The number of nitrogens with one attached hydrogen (secondary N) is 1. The zero-order chi connectivity index (χ0) is 10.4. The van der Waals surface area contributed by atoms with Gasteiger partial charge in [0.05, 0.1) is 11.9 Å². The highest BCUT2D eigenvalue weighted by atomic mass is 32.2. The highest BCUT2D eigenvalue weighted by molar-refractivity contribution is 7.98. The lowest BCUT2D eigenvalue weighted by Crippen LogP contribution is -2.17. The Morgan fingerprint density at radius 3 is 2.93 bits per heavy atom. The lowest BCUT2D eigenvalue weighted by atomic mass is 10.3. The molecule has 1 aromatic heterocycles. The first-order valence-corrected chi connectivity index (χ1v) is 5.77. The highest BCUT2D eigenvalue weighted by Gasteiger charge is 2.00. The number of hydrogen-bond acceptors (Lipinski definition) is 4. The fourth-order valence-corrected chi connectivity index (χ4v) is 1.70. The van der Waals surface area contributed by atoms with E-state index in [9.17, 15) is 0 Å². The van der Waals surface area contributed by atoms with Gasteiger partial charge < -0.3 is 5.32 Å². The zero-order valence-electron chi connectivity index (χ0n) is 8.32. The van der Waals surface area contributed by atoms with Crippen molar-refractivity contribution in [2.75, 3.05) is 17.3 Å². The number of nitriles is 1. The van der Waals surface area contributed by atoms with Crippen LogP contribution in [0, 0.1) is 11.3 Å². The molecule has 0 saturated heterocycles. The smallest absolute Gasteiger partial charge is 0.140 e. The molecule has 4 heteroatoms. The van der Waals surface area contributed by atoms with Crippen molar-refractivity contribution in [2.24, 2.45) is 0 Å². The summed E-state index contributed by atoms with van der Waals surface area (Å²) in [7, 11) is 0. The predicted octanol–water partition coefficient (Wildman–Crippen LogP) is 2.12. The summed E-state index contributed by atoms with van der Waals surface area (Å²) in [6, 6.07) is 6.00. The Hall–Kier alpha value is -1.21. The van der Waals surface area contributed by atoms with Gasteiger partial charge in [-0.05, 0) is 25.3 Å². The second-order valence-corrected chi connectivity index (χ2v) is 3.96. The fraction of sp³-hybridized carbons (Fsp3) is 0.400. The Kier molecular flexibility index (Phi) is 4.27. The molecule has 1 atom stereocenters. The van der Waals surface area contributed by atoms with E-state index in [1.54, 1.807) is 24.0 Å². The summed E-state index contributed by atoms with van der Waals surface area (Å²) < 4.78 is 0. The molecular weight excluding hydrogens is 194 g/mol. The summed E-state index contributed by atoms with van der Waals surface area (Å²) in [4.78, 5) is 3.98. The van der Waals surface area contributed by atoms with E-state index in [0.29, 0.717) is 11.7 Å². The molecule has 0 aliphatic heterocycles. The van der Waals surface area contributed by atoms with Gasteiger partial charge in [-0.2, -0.15) is 17.0 Å². The van der Waals surface area contributed by atoms with Crippen LogP contribution in [0.5, 0.6) is 0 Å². The molecule has 1 N–H and O–H groups in total. The molecule has 0 bridgehead atoms. The molecule has 0 aliphatic rings. The van der Waals surface area contributed by atoms with Gasteiger partial charge in [0, 0.05) is 11.8 Å². The van der Waals surface area contributed by atoms with Gasteiger partial charge in [-0.3, -0.25) is 0 Å². The molecule has 1 unspecified atom stereocenters. The molecule has 74 valence electrons. The Morgan fingerprint density at radius 2 is 2.43 bits per heavy atom. The molecule has 0 saturated carbocycles. The van der Waals surface area contributed by atoms with E-state index in [4.69, 9.17) is 5.26 Å². The van der Waals surface area contributed by atoms with Crippen LogP contribution in [0.4, 0.5) is 5.69 Å². The van der Waals surface area contributed by atoms with Crippen LogP contribution in [0.15, 0.2) is 18.3 Å². The number of pyridine rings is 1. The van der Waals surface area contributed by atoms with Crippen molar-refractivity contribution in [3.05, 3.63) is 24.0 Å². The topological polar surface area (TPSA) is 48.7 Å². The maximum atomic E-state index is 8.56. The lowest BCUT2D eigenvalue weighted by molar-refractivity contribution is 0.912. The summed E-state index contributed by atoms with van der Waals surface area (Å²) in [6.45, 7) is 2.12. The van der Waals surface area contributed by atoms with Crippen LogP contribution in [0.25, 0.3) is 0 Å². The highest BCUT2D eigenvalue weighted by Crippen LogP contribution is 2.09. The maximum Gasteiger partial charge on any atom is 0.140 e. The third-order valence-electron chi connectivity index (χ3n) is 1.71. The summed E-state index contributed by atoms with van der Waals surface area (Å²) >= 11 is 1.80. The Labute approximate surface area is 88.5 Å². The molecule has 0 amide bonds. The second kappa shape index (κ2) is 5.51. The largest absolute Gasteiger partial charge is 0.381 e. The number of nitrogens with zero attached hydrogens (tertiary/aromatic N) is 2. The van der Waals surface area contributed by atoms with E-state index in [2.05, 4.69) is 23.5 Å². The Bertz CT molecular complexity index is 315. The number of rotatable bonds is 4. The Balaban J connectivity index is 2.56. The van der Waals surface area contributed by atoms with Gasteiger partial charge in [-0.15, -0.1) is 0 Å². The van der Waals surface area contributed by atoms with Crippen LogP contribution >= 0.6 is 11.8 Å². The van der Waals surface area contributed by atoms with Gasteiger partial charge in [-0.25, -0.2) is 4.98 Å². The molecule has 3 nitrogen and oxygen atoms in total. The monoisotopic (exact) mass is 207 g/mol. The minimum Gasteiger partial charge on any atom is -0.381 e. The predicted molar refractivity (Wildman–Crippen MR) is 60.4 cm³/mol. The van der Waals surface area contributed by atoms with Gasteiger partial charge in [0.15, 0.2) is 0 Å². The number of anilines is 1. The molecule has 0 spiro atoms. The fourth-order valence-electron chi connectivity index (χ4n) is 1.12. The summed E-state index contributed by atoms with van der Waals surface area (Å²) in [5.41, 5.74) is 1.42. The van der Waals surface area contributed by atoms with E-state index in [1.807, 2.05) is 12.1 Å². The zero-order valence-corrected chi connectivity index (χ0v) is 9.14. The van der Waals surface area contributed by atoms with E-state index in [0.717, 1.165) is 11.4 Å². The minimum atomic E-state index is 0.416. The number of hydrogen-bond donors (Lipinski definition) is 1. The lowest BCUT2D eigenvalue weighted by Gasteiger charge is -2.13. The van der Waals surface area contributed by atoms with Crippen LogP contribution in [0.3, 0.4) is 0 Å². The van der Waals surface area contributed by atoms with Crippen LogP contribution in [0.1, 0.15) is 12.6 Å². The standard InChI is InChI=1S/C10H13N3S/c1-8(7-14-2)13-10-4-3-9(5-11)12-6-10/h3-4,6,8,13H,7H2,1-2H3. The first-order valence-electron chi connectivity index (χ1n) is 4.38. The molecule has 14 heavy (non-hydrogen) atoms. The van der Waals surface area contributed by atoms with Crippen LogP contribution in [-0.2, 0) is 0 Å². The normalized spacial score (nSPS) is 11.8. The molecule has 0 aromatic carbocycles. The molecule has 1 aromatic rings. The van der Waals surface area contributed by atoms with Crippen molar-refractivity contribution < 1.29 is 0 Å². The molecular formula is C10H13N3S. The third-order valence-corrected chi connectivity index (χ3v) is 2.54. The quantitative estimate of drug-likeness (QED) is 0.821. The molecule has 0 radical (unpaired) electrons. The average Bonchev–Trinajstić information content (AvgIpc) is 2.19. The summed E-state index contributed by atoms with van der Waals surface area (Å²) in [5.74, 6) is 1.06. The first kappa shape index (κ1) is 10.9. The molecule has 0 aliphatic carbocycles. The van der Waals surface area contributed by atoms with Crippen LogP contribution in [0.2, 0.25) is 0 Å². The van der Waals surface area contributed by atoms with Gasteiger partial charge in [-0.1, -0.05) is 0 Å². The van der Waals surface area contributed by atoms with Crippen molar-refractivity contribution >= 4 is 17.4 Å². The van der Waals surface area contributed by atoms with Crippen LogP contribution in [-0.4, -0.2) is 23.0 Å². The summed E-state index contributed by atoms with van der Waals surface area (Å²) in [5, 5.41) is 11.9. The van der Waals surface area contributed by atoms with Crippen molar-refractivity contribution in [1.82, 2.24) is 4.98 Å². The van der Waals surface area contributed by atoms with Crippen LogP contribution < -0.4 is 5.32 Å². The van der Waals surface area contributed by atoms with Crippen molar-refractivity contribution in [3.8, 4) is 6.07 Å². The van der Waals surface area contributed by atoms with E-state index < -0.39 is 0 Å². The maximum absolute atomic E-state index is 8.56. The third kappa shape index (κ3) is 3.27. The van der Waals surface area contributed by atoms with E-state index >= 15 is 0 Å². The molecule has 0 fully saturated rings. The minimum absolute atomic E-state index is 0.416. The number of aromatic nitrogens is 1.